The molecule has 0 saturated carbocycles. The number of hydrogen-bond donors (Lipinski definition) is 0. The SMILES string of the molecule is CCCCCCOOC(=O)c1ccccc1C(=O)c1ccccc1. The van der Waals surface area contributed by atoms with Gasteiger partial charge in [0.05, 0.1) is 12.2 Å². The summed E-state index contributed by atoms with van der Waals surface area (Å²) in [5.74, 6) is -0.864. The molecule has 0 atom stereocenters. The van der Waals surface area contributed by atoms with Gasteiger partial charge in [0.25, 0.3) is 0 Å². The van der Waals surface area contributed by atoms with Crippen LogP contribution in [-0.2, 0) is 9.78 Å². The maximum atomic E-state index is 12.6. The highest BCUT2D eigenvalue weighted by Gasteiger charge is 2.19. The summed E-state index contributed by atoms with van der Waals surface area (Å²) in [4.78, 5) is 34.6. The minimum atomic E-state index is -0.648. The molecule has 0 aliphatic heterocycles. The number of benzene rings is 2. The molecule has 2 rings (SSSR count). The van der Waals surface area contributed by atoms with Crippen LogP contribution in [0.15, 0.2) is 54.6 Å². The van der Waals surface area contributed by atoms with E-state index in [-0.39, 0.29) is 11.3 Å². The molecule has 0 spiro atoms. The van der Waals surface area contributed by atoms with Gasteiger partial charge in [-0.25, -0.2) is 4.79 Å². The second-order valence-electron chi connectivity index (χ2n) is 5.49. The fourth-order valence-electron chi connectivity index (χ4n) is 2.33. The van der Waals surface area contributed by atoms with Crippen molar-refractivity contribution in [2.24, 2.45) is 0 Å². The molecule has 0 bridgehead atoms. The quantitative estimate of drug-likeness (QED) is 0.293. The third-order valence-corrected chi connectivity index (χ3v) is 3.64. The van der Waals surface area contributed by atoms with Crippen LogP contribution in [0.25, 0.3) is 0 Å². The molecule has 2 aromatic rings. The largest absolute Gasteiger partial charge is 0.373 e. The third kappa shape index (κ3) is 5.03. The smallest absolute Gasteiger partial charge is 0.293 e. The van der Waals surface area contributed by atoms with Crippen LogP contribution in [0.3, 0.4) is 0 Å². The molecular formula is C20H22O4. The van der Waals surface area contributed by atoms with Gasteiger partial charge in [-0.15, -0.1) is 0 Å². The van der Waals surface area contributed by atoms with E-state index >= 15 is 0 Å². The van der Waals surface area contributed by atoms with Gasteiger partial charge in [-0.1, -0.05) is 74.7 Å². The number of carbonyl (C=O) groups is 2. The Kier molecular flexibility index (Phi) is 7.18. The summed E-state index contributed by atoms with van der Waals surface area (Å²) in [6, 6.07) is 15.4. The Morgan fingerprint density at radius 3 is 2.21 bits per heavy atom. The maximum absolute atomic E-state index is 12.6. The van der Waals surface area contributed by atoms with Crippen LogP contribution < -0.4 is 0 Å². The molecule has 0 amide bonds. The van der Waals surface area contributed by atoms with Crippen LogP contribution >= 0.6 is 0 Å². The van der Waals surface area contributed by atoms with Gasteiger partial charge >= 0.3 is 5.97 Å². The van der Waals surface area contributed by atoms with E-state index in [2.05, 4.69) is 6.92 Å². The van der Waals surface area contributed by atoms with Gasteiger partial charge in [0.15, 0.2) is 5.78 Å². The maximum Gasteiger partial charge on any atom is 0.373 e. The van der Waals surface area contributed by atoms with Crippen molar-refractivity contribution in [3.8, 4) is 0 Å². The van der Waals surface area contributed by atoms with Gasteiger partial charge in [0.1, 0.15) is 0 Å². The van der Waals surface area contributed by atoms with E-state index in [9.17, 15) is 9.59 Å². The van der Waals surface area contributed by atoms with Gasteiger partial charge in [-0.3, -0.25) is 9.68 Å². The Balaban J connectivity index is 2.00. The minimum Gasteiger partial charge on any atom is -0.293 e. The van der Waals surface area contributed by atoms with Crippen LogP contribution in [0, 0.1) is 0 Å². The van der Waals surface area contributed by atoms with Crippen molar-refractivity contribution in [3.05, 3.63) is 71.3 Å². The summed E-state index contributed by atoms with van der Waals surface area (Å²) in [5.41, 5.74) is 1.04. The van der Waals surface area contributed by atoms with E-state index in [0.29, 0.717) is 17.7 Å². The third-order valence-electron chi connectivity index (χ3n) is 3.64. The Morgan fingerprint density at radius 2 is 1.50 bits per heavy atom. The van der Waals surface area contributed by atoms with Crippen LogP contribution in [0.1, 0.15) is 58.9 Å². The lowest BCUT2D eigenvalue weighted by Crippen LogP contribution is -2.13. The van der Waals surface area contributed by atoms with Gasteiger partial charge < -0.3 is 0 Å². The van der Waals surface area contributed by atoms with E-state index in [0.717, 1.165) is 25.7 Å². The first kappa shape index (κ1) is 17.9. The van der Waals surface area contributed by atoms with Crippen molar-refractivity contribution in [1.82, 2.24) is 0 Å². The predicted molar refractivity (Wildman–Crippen MR) is 91.8 cm³/mol. The first-order valence-electron chi connectivity index (χ1n) is 8.26. The van der Waals surface area contributed by atoms with Gasteiger partial charge in [0.2, 0.25) is 0 Å². The molecule has 0 radical (unpaired) electrons. The fraction of sp³-hybridized carbons (Fsp3) is 0.300. The molecule has 0 aliphatic carbocycles. The zero-order chi connectivity index (χ0) is 17.2. The number of hydrogen-bond acceptors (Lipinski definition) is 4. The lowest BCUT2D eigenvalue weighted by Gasteiger charge is -2.08. The molecule has 0 aromatic heterocycles. The summed E-state index contributed by atoms with van der Waals surface area (Å²) in [7, 11) is 0. The predicted octanol–water partition coefficient (Wildman–Crippen LogP) is 4.59. The average Bonchev–Trinajstić information content (AvgIpc) is 2.64. The molecule has 2 aromatic carbocycles. The minimum absolute atomic E-state index is 0.208. The van der Waals surface area contributed by atoms with Crippen molar-refractivity contribution in [2.45, 2.75) is 32.6 Å². The topological polar surface area (TPSA) is 52.6 Å². The Labute approximate surface area is 142 Å². The highest BCUT2D eigenvalue weighted by atomic mass is 17.2. The Morgan fingerprint density at radius 1 is 0.833 bits per heavy atom. The molecular weight excluding hydrogens is 304 g/mol. The first-order chi connectivity index (χ1) is 11.7. The molecule has 0 unspecified atom stereocenters. The molecule has 0 heterocycles. The summed E-state index contributed by atoms with van der Waals surface area (Å²) in [5, 5.41) is 0. The summed E-state index contributed by atoms with van der Waals surface area (Å²) >= 11 is 0. The summed E-state index contributed by atoms with van der Waals surface area (Å²) < 4.78 is 0. The molecule has 4 heteroatoms. The number of unbranched alkanes of at least 4 members (excludes halogenated alkanes) is 3. The zero-order valence-electron chi connectivity index (χ0n) is 13.9. The zero-order valence-corrected chi connectivity index (χ0v) is 13.9. The second-order valence-corrected chi connectivity index (χ2v) is 5.49. The van der Waals surface area contributed by atoms with Gasteiger partial charge in [-0.05, 0) is 12.5 Å². The van der Waals surface area contributed by atoms with Crippen molar-refractivity contribution < 1.29 is 19.4 Å². The summed E-state index contributed by atoms with van der Waals surface area (Å²) in [6.07, 6.45) is 4.14. The molecule has 0 saturated heterocycles. The molecule has 24 heavy (non-hydrogen) atoms. The van der Waals surface area contributed by atoms with Gasteiger partial charge in [0, 0.05) is 11.1 Å². The molecule has 0 fully saturated rings. The van der Waals surface area contributed by atoms with E-state index in [4.69, 9.17) is 9.78 Å². The normalized spacial score (nSPS) is 10.4. The van der Waals surface area contributed by atoms with Crippen molar-refractivity contribution in [3.63, 3.8) is 0 Å². The highest BCUT2D eigenvalue weighted by molar-refractivity contribution is 6.14. The summed E-state index contributed by atoms with van der Waals surface area (Å²) in [6.45, 7) is 2.49. The Hall–Kier alpha value is -2.46. The van der Waals surface area contributed by atoms with Crippen molar-refractivity contribution in [2.75, 3.05) is 6.61 Å². The van der Waals surface area contributed by atoms with Crippen molar-refractivity contribution >= 4 is 11.8 Å². The highest BCUT2D eigenvalue weighted by Crippen LogP contribution is 2.16. The van der Waals surface area contributed by atoms with Crippen molar-refractivity contribution in [1.29, 1.82) is 0 Å². The number of rotatable bonds is 9. The van der Waals surface area contributed by atoms with Gasteiger partial charge in [-0.2, -0.15) is 4.89 Å². The first-order valence-corrected chi connectivity index (χ1v) is 8.26. The molecule has 126 valence electrons. The fourth-order valence-corrected chi connectivity index (χ4v) is 2.33. The van der Waals surface area contributed by atoms with Crippen LogP contribution in [0.2, 0.25) is 0 Å². The van der Waals surface area contributed by atoms with E-state index in [1.54, 1.807) is 48.5 Å². The molecule has 4 nitrogen and oxygen atoms in total. The monoisotopic (exact) mass is 326 g/mol. The molecule has 0 aliphatic rings. The van der Waals surface area contributed by atoms with Crippen LogP contribution in [0.4, 0.5) is 0 Å². The second kappa shape index (κ2) is 9.63. The Bertz CT molecular complexity index is 664. The van der Waals surface area contributed by atoms with Crippen LogP contribution in [-0.4, -0.2) is 18.4 Å². The van der Waals surface area contributed by atoms with Crippen LogP contribution in [0.5, 0.6) is 0 Å². The number of ketones is 1. The molecule has 0 N–H and O–H groups in total. The lowest BCUT2D eigenvalue weighted by molar-refractivity contribution is -0.241. The lowest BCUT2D eigenvalue weighted by atomic mass is 9.98. The van der Waals surface area contributed by atoms with E-state index < -0.39 is 5.97 Å². The van der Waals surface area contributed by atoms with E-state index in [1.807, 2.05) is 6.07 Å². The number of carbonyl (C=O) groups excluding carboxylic acids is 2. The standard InChI is InChI=1S/C20H22O4/c1-2-3-4-10-15-23-24-20(22)18-14-9-8-13-17(18)19(21)16-11-6-5-7-12-16/h5-9,11-14H,2-4,10,15H2,1H3. The average molecular weight is 326 g/mol. The van der Waals surface area contributed by atoms with E-state index in [1.165, 1.54) is 0 Å².